The minimum Gasteiger partial charge on any atom is -0.507 e. The van der Waals surface area contributed by atoms with Gasteiger partial charge >= 0.3 is 0 Å². The van der Waals surface area contributed by atoms with Crippen LogP contribution in [0.5, 0.6) is 0 Å². The Hall–Kier alpha value is -5.91. The largest absolute Gasteiger partial charge is 0.507 e. The van der Waals surface area contributed by atoms with Gasteiger partial charge in [-0.25, -0.2) is 17.6 Å². The molecule has 0 unspecified atom stereocenters. The van der Waals surface area contributed by atoms with Crippen molar-refractivity contribution < 1.29 is 32.3 Å². The van der Waals surface area contributed by atoms with Crippen LogP contribution in [0.15, 0.2) is 108 Å². The van der Waals surface area contributed by atoms with Gasteiger partial charge in [-0.3, -0.25) is 14.4 Å². The van der Waals surface area contributed by atoms with Gasteiger partial charge in [-0.15, -0.1) is 0 Å². The van der Waals surface area contributed by atoms with Crippen LogP contribution in [0.1, 0.15) is 22.3 Å². The second kappa shape index (κ2) is 14.1. The Balaban J connectivity index is 1.20. The molecule has 1 fully saturated rings. The van der Waals surface area contributed by atoms with Gasteiger partial charge in [0.2, 0.25) is 5.78 Å². The van der Waals surface area contributed by atoms with E-state index in [-0.39, 0.29) is 42.7 Å². The number of carbonyl (C=O) groups excluding carboxylic acids is 2. The zero-order chi connectivity index (χ0) is 34.7. The molecule has 1 saturated heterocycles. The van der Waals surface area contributed by atoms with Gasteiger partial charge in [0.15, 0.2) is 17.5 Å². The van der Waals surface area contributed by atoms with Crippen molar-refractivity contribution >= 4 is 23.1 Å². The second-order valence-electron chi connectivity index (χ2n) is 11.6. The Kier molecular flexibility index (Phi) is 9.47. The number of nitrogens with zero attached hydrogens (tertiary/aromatic N) is 4. The van der Waals surface area contributed by atoms with Crippen molar-refractivity contribution in [2.45, 2.75) is 13.0 Å². The molecule has 3 heterocycles. The second-order valence-corrected chi connectivity index (χ2v) is 11.6. The number of aromatic nitrogens is 2. The number of carbonyl (C=O) groups is 2. The maximum absolute atomic E-state index is 14.5. The molecule has 49 heavy (non-hydrogen) atoms. The molecule has 3 aromatic carbocycles. The number of pyridine rings is 1. The molecule has 1 aliphatic rings. The molecule has 0 bridgehead atoms. The Bertz CT molecular complexity index is 2100. The number of anilines is 1. The van der Waals surface area contributed by atoms with Crippen molar-refractivity contribution in [2.75, 3.05) is 31.1 Å². The van der Waals surface area contributed by atoms with E-state index in [1.54, 1.807) is 6.07 Å². The molecular weight excluding hydrogens is 640 g/mol. The molecule has 1 aliphatic heterocycles. The van der Waals surface area contributed by atoms with Crippen LogP contribution in [-0.2, 0) is 22.6 Å². The number of benzene rings is 3. The van der Waals surface area contributed by atoms with Crippen LogP contribution in [0.25, 0.3) is 11.4 Å². The standard InChI is InChI=1S/C37H30F4N4O4/c38-30-6-2-1-5-26(30)23-45-22-24(19-25-7-12-31(39)35(41)34(25)40)20-29(36(45)48)32(46)21-33(47)37(49)44-17-15-43(16-18-44)28-10-8-27(9-11-28)42-13-3-4-14-42/h1-14,20-22,46H,15-19,23H2/b32-21+. The third-order valence-corrected chi connectivity index (χ3v) is 8.39. The quantitative estimate of drug-likeness (QED) is 0.0721. The summed E-state index contributed by atoms with van der Waals surface area (Å²) in [4.78, 5) is 43.0. The number of hydrogen-bond donors (Lipinski definition) is 1. The van der Waals surface area contributed by atoms with Gasteiger partial charge in [-0.05, 0) is 65.7 Å². The van der Waals surface area contributed by atoms with E-state index in [1.165, 1.54) is 29.3 Å². The van der Waals surface area contributed by atoms with Gasteiger partial charge in [0, 0.05) is 74.2 Å². The first kappa shape index (κ1) is 33.0. The van der Waals surface area contributed by atoms with Crippen LogP contribution in [0, 0.1) is 23.3 Å². The maximum Gasteiger partial charge on any atom is 0.294 e. The minimum atomic E-state index is -1.67. The lowest BCUT2D eigenvalue weighted by molar-refractivity contribution is -0.142. The van der Waals surface area contributed by atoms with Crippen LogP contribution in [0.4, 0.5) is 23.2 Å². The number of halogens is 4. The molecule has 0 aliphatic carbocycles. The van der Waals surface area contributed by atoms with Crippen LogP contribution < -0.4 is 10.5 Å². The molecular formula is C37H30F4N4O4. The zero-order valence-electron chi connectivity index (χ0n) is 26.0. The molecule has 0 spiro atoms. The fourth-order valence-corrected chi connectivity index (χ4v) is 5.76. The molecule has 0 radical (unpaired) electrons. The fraction of sp³-hybridized carbons (Fsp3) is 0.162. The highest BCUT2D eigenvalue weighted by Gasteiger charge is 2.26. The summed E-state index contributed by atoms with van der Waals surface area (Å²) in [5.41, 5.74) is 0.743. The number of piperazine rings is 1. The van der Waals surface area contributed by atoms with E-state index in [1.807, 2.05) is 53.4 Å². The van der Waals surface area contributed by atoms with Gasteiger partial charge in [-0.2, -0.15) is 0 Å². The topological polar surface area (TPSA) is 87.8 Å². The number of rotatable bonds is 9. The summed E-state index contributed by atoms with van der Waals surface area (Å²) in [5.74, 6) is -7.86. The summed E-state index contributed by atoms with van der Waals surface area (Å²) >= 11 is 0. The highest BCUT2D eigenvalue weighted by Crippen LogP contribution is 2.22. The van der Waals surface area contributed by atoms with Crippen LogP contribution in [-0.4, -0.2) is 57.0 Å². The lowest BCUT2D eigenvalue weighted by Crippen LogP contribution is -2.50. The highest BCUT2D eigenvalue weighted by atomic mass is 19.2. The first-order chi connectivity index (χ1) is 23.6. The highest BCUT2D eigenvalue weighted by molar-refractivity contribution is 6.41. The van der Waals surface area contributed by atoms with Crippen LogP contribution >= 0.6 is 0 Å². The normalized spacial score (nSPS) is 13.5. The first-order valence-corrected chi connectivity index (χ1v) is 15.4. The lowest BCUT2D eigenvalue weighted by Gasteiger charge is -2.35. The third kappa shape index (κ3) is 7.18. The Morgan fingerprint density at radius 1 is 0.755 bits per heavy atom. The molecule has 1 amide bonds. The van der Waals surface area contributed by atoms with Gasteiger partial charge in [0.1, 0.15) is 11.6 Å². The van der Waals surface area contributed by atoms with Crippen LogP contribution in [0.3, 0.4) is 0 Å². The molecule has 250 valence electrons. The molecule has 12 heteroatoms. The van der Waals surface area contributed by atoms with Crippen molar-refractivity contribution in [3.63, 3.8) is 0 Å². The van der Waals surface area contributed by atoms with E-state index >= 15 is 0 Å². The van der Waals surface area contributed by atoms with E-state index in [2.05, 4.69) is 4.90 Å². The van der Waals surface area contributed by atoms with Crippen molar-refractivity contribution in [2.24, 2.45) is 0 Å². The number of aliphatic hydroxyl groups is 1. The number of ketones is 1. The Morgan fingerprint density at radius 2 is 1.43 bits per heavy atom. The molecule has 5 aromatic rings. The maximum atomic E-state index is 14.5. The molecule has 6 rings (SSSR count). The Labute approximate surface area is 278 Å². The summed E-state index contributed by atoms with van der Waals surface area (Å²) in [6.45, 7) is 1.10. The fourth-order valence-electron chi connectivity index (χ4n) is 5.76. The number of amides is 1. The SMILES string of the molecule is O=C(/C=C(/O)c1cc(Cc2ccc(F)c(F)c2F)cn(Cc2ccccc2F)c1=O)C(=O)N1CCN(c2ccc(-n3cccc3)cc2)CC1. The molecule has 0 atom stereocenters. The summed E-state index contributed by atoms with van der Waals surface area (Å²) in [6, 6.07) is 20.4. The van der Waals surface area contributed by atoms with Gasteiger partial charge < -0.3 is 24.0 Å². The van der Waals surface area contributed by atoms with E-state index in [4.69, 9.17) is 0 Å². The van der Waals surface area contributed by atoms with E-state index in [0.29, 0.717) is 19.2 Å². The summed E-state index contributed by atoms with van der Waals surface area (Å²) < 4.78 is 59.5. The average molecular weight is 671 g/mol. The summed E-state index contributed by atoms with van der Waals surface area (Å²) in [5, 5.41) is 11.0. The predicted molar refractivity (Wildman–Crippen MR) is 176 cm³/mol. The summed E-state index contributed by atoms with van der Waals surface area (Å²) in [6.07, 6.45) is 5.46. The smallest absolute Gasteiger partial charge is 0.294 e. The predicted octanol–water partition coefficient (Wildman–Crippen LogP) is 5.65. The van der Waals surface area contributed by atoms with Crippen molar-refractivity contribution in [3.8, 4) is 5.69 Å². The molecule has 8 nitrogen and oxygen atoms in total. The van der Waals surface area contributed by atoms with E-state index < -0.39 is 51.8 Å². The van der Waals surface area contributed by atoms with E-state index in [9.17, 15) is 37.1 Å². The lowest BCUT2D eigenvalue weighted by atomic mass is 10.0. The van der Waals surface area contributed by atoms with Crippen molar-refractivity contribution in [1.29, 1.82) is 0 Å². The van der Waals surface area contributed by atoms with Crippen LogP contribution in [0.2, 0.25) is 0 Å². The Morgan fingerprint density at radius 3 is 2.12 bits per heavy atom. The third-order valence-electron chi connectivity index (χ3n) is 8.39. The van der Waals surface area contributed by atoms with E-state index in [0.717, 1.165) is 34.1 Å². The molecule has 0 saturated carbocycles. The number of hydrogen-bond acceptors (Lipinski definition) is 5. The first-order valence-electron chi connectivity index (χ1n) is 15.4. The number of aliphatic hydroxyl groups excluding tert-OH is 1. The molecule has 1 N–H and O–H groups in total. The average Bonchev–Trinajstić information content (AvgIpc) is 3.66. The summed E-state index contributed by atoms with van der Waals surface area (Å²) in [7, 11) is 0. The zero-order valence-corrected chi connectivity index (χ0v) is 26.0. The minimum absolute atomic E-state index is 0.123. The van der Waals surface area contributed by atoms with Gasteiger partial charge in [-0.1, -0.05) is 24.3 Å². The van der Waals surface area contributed by atoms with Gasteiger partial charge in [0.05, 0.1) is 12.1 Å². The van der Waals surface area contributed by atoms with Crippen molar-refractivity contribution in [1.82, 2.24) is 14.0 Å². The van der Waals surface area contributed by atoms with Gasteiger partial charge in [0.25, 0.3) is 11.5 Å². The molecule has 2 aromatic heterocycles. The monoisotopic (exact) mass is 670 g/mol. The van der Waals surface area contributed by atoms with Crippen molar-refractivity contribution in [3.05, 3.63) is 159 Å².